The Morgan fingerprint density at radius 1 is 1.44 bits per heavy atom. The van der Waals surface area contributed by atoms with Gasteiger partial charge in [0.25, 0.3) is 0 Å². The highest BCUT2D eigenvalue weighted by Gasteiger charge is 2.29. The second-order valence-electron chi connectivity index (χ2n) is 4.77. The molecule has 4 heteroatoms. The van der Waals surface area contributed by atoms with Gasteiger partial charge in [0.2, 0.25) is 5.91 Å². The molecule has 0 spiro atoms. The molecule has 1 heterocycles. The van der Waals surface area contributed by atoms with Crippen molar-refractivity contribution in [3.8, 4) is 0 Å². The maximum Gasteiger partial charge on any atom is 0.246 e. The lowest BCUT2D eigenvalue weighted by Gasteiger charge is -2.14. The van der Waals surface area contributed by atoms with Crippen LogP contribution < -0.4 is 11.1 Å². The van der Waals surface area contributed by atoms with E-state index < -0.39 is 5.91 Å². The van der Waals surface area contributed by atoms with Gasteiger partial charge in [-0.05, 0) is 38.8 Å². The Morgan fingerprint density at radius 3 is 2.61 bits per heavy atom. The van der Waals surface area contributed by atoms with E-state index in [1.165, 1.54) is 12.8 Å². The number of amides is 1. The summed E-state index contributed by atoms with van der Waals surface area (Å²) >= 11 is 0. The molecule has 96 valence electrons. The number of nitrogens with zero attached hydrogens (tertiary/aromatic N) is 1. The molecule has 0 aliphatic heterocycles. The van der Waals surface area contributed by atoms with Gasteiger partial charge in [0, 0.05) is 29.8 Å². The van der Waals surface area contributed by atoms with Crippen LogP contribution in [0.1, 0.15) is 42.6 Å². The minimum Gasteiger partial charge on any atom is -0.387 e. The molecule has 3 N–H and O–H groups in total. The highest BCUT2D eigenvalue weighted by molar-refractivity contribution is 5.99. The fourth-order valence-corrected chi connectivity index (χ4v) is 2.10. The van der Waals surface area contributed by atoms with Crippen molar-refractivity contribution < 1.29 is 4.79 Å². The lowest BCUT2D eigenvalue weighted by molar-refractivity contribution is -0.114. The molecule has 1 saturated carbocycles. The first-order chi connectivity index (χ1) is 8.54. The molecular formula is C14H19N3O. The van der Waals surface area contributed by atoms with Gasteiger partial charge >= 0.3 is 0 Å². The Labute approximate surface area is 107 Å². The van der Waals surface area contributed by atoms with Gasteiger partial charge in [-0.15, -0.1) is 0 Å². The number of nitrogens with two attached hydrogens (primary N) is 1. The van der Waals surface area contributed by atoms with E-state index in [1.54, 1.807) is 14.0 Å². The number of primary amides is 1. The van der Waals surface area contributed by atoms with Crippen LogP contribution in [0.2, 0.25) is 0 Å². The summed E-state index contributed by atoms with van der Waals surface area (Å²) in [7, 11) is 1.80. The average molecular weight is 245 g/mol. The van der Waals surface area contributed by atoms with Crippen molar-refractivity contribution >= 4 is 11.6 Å². The molecule has 1 aliphatic carbocycles. The van der Waals surface area contributed by atoms with Crippen molar-refractivity contribution in [2.24, 2.45) is 5.73 Å². The van der Waals surface area contributed by atoms with Crippen molar-refractivity contribution in [2.45, 2.75) is 32.6 Å². The average Bonchev–Trinajstić information content (AvgIpc) is 3.15. The second kappa shape index (κ2) is 4.80. The summed E-state index contributed by atoms with van der Waals surface area (Å²) in [6.07, 6.45) is 2.35. The zero-order valence-electron chi connectivity index (χ0n) is 11.1. The van der Waals surface area contributed by atoms with Crippen LogP contribution in [-0.2, 0) is 4.79 Å². The van der Waals surface area contributed by atoms with Crippen LogP contribution in [0, 0.1) is 6.92 Å². The normalized spacial score (nSPS) is 16.2. The summed E-state index contributed by atoms with van der Waals surface area (Å²) in [6.45, 7) is 3.73. The zero-order chi connectivity index (χ0) is 13.3. The molecule has 0 bridgehead atoms. The number of carbonyl (C=O) groups excluding carboxylic acids is 1. The summed E-state index contributed by atoms with van der Waals surface area (Å²) in [4.78, 5) is 16.0. The first-order valence-electron chi connectivity index (χ1n) is 6.21. The molecule has 0 saturated heterocycles. The molecule has 1 amide bonds. The number of aromatic nitrogens is 1. The molecule has 1 fully saturated rings. The van der Waals surface area contributed by atoms with Gasteiger partial charge in [-0.25, -0.2) is 0 Å². The lowest BCUT2D eigenvalue weighted by atomic mass is 10.0. The highest BCUT2D eigenvalue weighted by Crippen LogP contribution is 2.42. The molecular weight excluding hydrogens is 226 g/mol. The Kier molecular flexibility index (Phi) is 3.36. The molecule has 1 aliphatic rings. The highest BCUT2D eigenvalue weighted by atomic mass is 16.1. The number of rotatable bonds is 4. The van der Waals surface area contributed by atoms with Crippen LogP contribution in [0.25, 0.3) is 5.70 Å². The molecule has 0 radical (unpaired) electrons. The molecule has 4 nitrogen and oxygen atoms in total. The third-order valence-corrected chi connectivity index (χ3v) is 3.29. The quantitative estimate of drug-likeness (QED) is 0.793. The SMILES string of the molecule is CN/C(=C(/C)C(N)=O)c1ccc(C)nc1C1CC1. The van der Waals surface area contributed by atoms with E-state index in [-0.39, 0.29) is 0 Å². The molecule has 2 rings (SSSR count). The maximum atomic E-state index is 11.3. The topological polar surface area (TPSA) is 68.0 Å². The minimum absolute atomic E-state index is 0.401. The van der Waals surface area contributed by atoms with Crippen LogP contribution >= 0.6 is 0 Å². The lowest BCUT2D eigenvalue weighted by Crippen LogP contribution is -2.19. The summed E-state index contributed by atoms with van der Waals surface area (Å²) in [5, 5.41) is 3.08. The molecule has 1 aromatic heterocycles. The standard InChI is InChI=1S/C14H19N3O/c1-8-4-7-11(13(17-8)10-5-6-10)12(16-3)9(2)14(15)18/h4,7,10,16H,5-6H2,1-3H3,(H2,15,18)/b12-9-. The van der Waals surface area contributed by atoms with Gasteiger partial charge in [0.1, 0.15) is 0 Å². The van der Waals surface area contributed by atoms with Crippen LogP contribution in [0.15, 0.2) is 17.7 Å². The molecule has 1 aromatic rings. The first kappa shape index (κ1) is 12.6. The van der Waals surface area contributed by atoms with Gasteiger partial charge in [-0.1, -0.05) is 0 Å². The Hall–Kier alpha value is -1.84. The van der Waals surface area contributed by atoms with Crippen LogP contribution in [0.4, 0.5) is 0 Å². The largest absolute Gasteiger partial charge is 0.387 e. The summed E-state index contributed by atoms with van der Waals surface area (Å²) in [5.74, 6) is 0.130. The predicted molar refractivity (Wildman–Crippen MR) is 71.8 cm³/mol. The van der Waals surface area contributed by atoms with E-state index in [2.05, 4.69) is 10.3 Å². The predicted octanol–water partition coefficient (Wildman–Crippen LogP) is 1.70. The third kappa shape index (κ3) is 2.37. The molecule has 18 heavy (non-hydrogen) atoms. The molecule has 0 aromatic carbocycles. The summed E-state index contributed by atoms with van der Waals surface area (Å²) in [6, 6.07) is 3.99. The molecule has 0 atom stereocenters. The summed E-state index contributed by atoms with van der Waals surface area (Å²) < 4.78 is 0. The Morgan fingerprint density at radius 2 is 2.11 bits per heavy atom. The van der Waals surface area contributed by atoms with Gasteiger partial charge in [0.15, 0.2) is 0 Å². The number of hydrogen-bond acceptors (Lipinski definition) is 3. The molecule has 0 unspecified atom stereocenters. The number of nitrogens with one attached hydrogen (secondary N) is 1. The minimum atomic E-state index is -0.401. The number of hydrogen-bond donors (Lipinski definition) is 2. The smallest absolute Gasteiger partial charge is 0.246 e. The summed E-state index contributed by atoms with van der Waals surface area (Å²) in [5.41, 5.74) is 9.79. The zero-order valence-corrected chi connectivity index (χ0v) is 11.1. The Bertz CT molecular complexity index is 516. The Balaban J connectivity index is 2.55. The fraction of sp³-hybridized carbons (Fsp3) is 0.429. The van der Waals surface area contributed by atoms with Crippen LogP contribution in [-0.4, -0.2) is 17.9 Å². The number of aryl methyl sites for hydroxylation is 1. The van der Waals surface area contributed by atoms with E-state index in [1.807, 2.05) is 19.1 Å². The van der Waals surface area contributed by atoms with Gasteiger partial charge in [-0.2, -0.15) is 0 Å². The second-order valence-corrected chi connectivity index (χ2v) is 4.77. The van der Waals surface area contributed by atoms with E-state index >= 15 is 0 Å². The first-order valence-corrected chi connectivity index (χ1v) is 6.21. The maximum absolute atomic E-state index is 11.3. The van der Waals surface area contributed by atoms with E-state index in [0.717, 1.165) is 22.6 Å². The van der Waals surface area contributed by atoms with Crippen LogP contribution in [0.5, 0.6) is 0 Å². The van der Waals surface area contributed by atoms with E-state index in [0.29, 0.717) is 11.5 Å². The third-order valence-electron chi connectivity index (χ3n) is 3.29. The van der Waals surface area contributed by atoms with E-state index in [4.69, 9.17) is 5.73 Å². The van der Waals surface area contributed by atoms with Gasteiger partial charge < -0.3 is 11.1 Å². The van der Waals surface area contributed by atoms with Gasteiger partial charge in [0.05, 0.1) is 11.4 Å². The fourth-order valence-electron chi connectivity index (χ4n) is 2.10. The monoisotopic (exact) mass is 245 g/mol. The van der Waals surface area contributed by atoms with Crippen molar-refractivity contribution in [1.82, 2.24) is 10.3 Å². The van der Waals surface area contributed by atoms with Crippen molar-refractivity contribution in [1.29, 1.82) is 0 Å². The van der Waals surface area contributed by atoms with Crippen LogP contribution in [0.3, 0.4) is 0 Å². The number of carbonyl (C=O) groups is 1. The van der Waals surface area contributed by atoms with Crippen molar-refractivity contribution in [2.75, 3.05) is 7.05 Å². The number of pyridine rings is 1. The van der Waals surface area contributed by atoms with Crippen molar-refractivity contribution in [3.63, 3.8) is 0 Å². The van der Waals surface area contributed by atoms with Crippen molar-refractivity contribution in [3.05, 3.63) is 34.7 Å². The van der Waals surface area contributed by atoms with E-state index in [9.17, 15) is 4.79 Å². The van der Waals surface area contributed by atoms with Gasteiger partial charge in [-0.3, -0.25) is 9.78 Å².